The Morgan fingerprint density at radius 2 is 2.58 bits per heavy atom. The molecule has 0 spiro atoms. The van der Waals surface area contributed by atoms with Crippen LogP contribution < -0.4 is 5.32 Å². The van der Waals surface area contributed by atoms with Gasteiger partial charge in [-0.1, -0.05) is 5.92 Å². The Labute approximate surface area is 74.7 Å². The summed E-state index contributed by atoms with van der Waals surface area (Å²) in [7, 11) is 0. The highest BCUT2D eigenvalue weighted by Crippen LogP contribution is 2.14. The van der Waals surface area contributed by atoms with Crippen LogP contribution in [0.5, 0.6) is 0 Å². The first-order valence-electron chi connectivity index (χ1n) is 4.64. The van der Waals surface area contributed by atoms with Crippen LogP contribution >= 0.6 is 0 Å². The minimum Gasteiger partial charge on any atom is -0.378 e. The van der Waals surface area contributed by atoms with E-state index in [1.807, 2.05) is 6.92 Å². The molecule has 68 valence electrons. The summed E-state index contributed by atoms with van der Waals surface area (Å²) in [5, 5.41) is 3.24. The van der Waals surface area contributed by atoms with Gasteiger partial charge in [0.1, 0.15) is 0 Å². The van der Waals surface area contributed by atoms with Crippen LogP contribution in [-0.2, 0) is 4.74 Å². The van der Waals surface area contributed by atoms with Gasteiger partial charge in [-0.3, -0.25) is 0 Å². The molecule has 1 aliphatic heterocycles. The van der Waals surface area contributed by atoms with Crippen LogP contribution in [0, 0.1) is 12.3 Å². The Morgan fingerprint density at radius 3 is 3.17 bits per heavy atom. The van der Waals surface area contributed by atoms with Crippen LogP contribution in [0.3, 0.4) is 0 Å². The lowest BCUT2D eigenvalue weighted by Gasteiger charge is -2.11. The summed E-state index contributed by atoms with van der Waals surface area (Å²) in [4.78, 5) is 0. The summed E-state index contributed by atoms with van der Waals surface area (Å²) in [5.41, 5.74) is 0. The molecule has 2 unspecified atom stereocenters. The van der Waals surface area contributed by atoms with Crippen LogP contribution in [0.4, 0.5) is 0 Å². The van der Waals surface area contributed by atoms with Gasteiger partial charge in [0.15, 0.2) is 0 Å². The van der Waals surface area contributed by atoms with Crippen molar-refractivity contribution in [1.29, 1.82) is 0 Å². The molecule has 0 aliphatic carbocycles. The predicted molar refractivity (Wildman–Crippen MR) is 49.9 cm³/mol. The van der Waals surface area contributed by atoms with E-state index in [0.717, 1.165) is 19.6 Å². The molecule has 0 aromatic rings. The molecule has 0 bridgehead atoms. The number of rotatable bonds is 4. The van der Waals surface area contributed by atoms with Crippen molar-refractivity contribution in [2.24, 2.45) is 0 Å². The first-order chi connectivity index (χ1) is 5.83. The second kappa shape index (κ2) is 5.18. The molecule has 0 aromatic heterocycles. The van der Waals surface area contributed by atoms with E-state index in [4.69, 9.17) is 11.2 Å². The van der Waals surface area contributed by atoms with Crippen molar-refractivity contribution in [1.82, 2.24) is 5.32 Å². The summed E-state index contributed by atoms with van der Waals surface area (Å²) in [6, 6.07) is 0.186. The van der Waals surface area contributed by atoms with Gasteiger partial charge in [0, 0.05) is 6.61 Å². The highest BCUT2D eigenvalue weighted by atomic mass is 16.5. The lowest BCUT2D eigenvalue weighted by atomic mass is 10.2. The molecule has 0 amide bonds. The molecule has 1 saturated heterocycles. The molecule has 2 heteroatoms. The van der Waals surface area contributed by atoms with Gasteiger partial charge in [0.2, 0.25) is 0 Å². The first kappa shape index (κ1) is 9.57. The van der Waals surface area contributed by atoms with Crippen LogP contribution in [-0.4, -0.2) is 25.3 Å². The molecule has 0 radical (unpaired) electrons. The van der Waals surface area contributed by atoms with E-state index in [2.05, 4.69) is 11.2 Å². The van der Waals surface area contributed by atoms with Crippen molar-refractivity contribution in [3.8, 4) is 12.3 Å². The largest absolute Gasteiger partial charge is 0.378 e. The van der Waals surface area contributed by atoms with Crippen LogP contribution in [0.2, 0.25) is 0 Å². The van der Waals surface area contributed by atoms with Crippen molar-refractivity contribution in [3.63, 3.8) is 0 Å². The van der Waals surface area contributed by atoms with Crippen molar-refractivity contribution in [2.45, 2.75) is 38.3 Å². The predicted octanol–water partition coefficient (Wildman–Crippen LogP) is 1.17. The fourth-order valence-corrected chi connectivity index (χ4v) is 1.39. The van der Waals surface area contributed by atoms with E-state index in [9.17, 15) is 0 Å². The van der Waals surface area contributed by atoms with Crippen LogP contribution in [0.15, 0.2) is 0 Å². The normalized spacial score (nSPS) is 25.2. The van der Waals surface area contributed by atoms with E-state index in [1.54, 1.807) is 0 Å². The highest BCUT2D eigenvalue weighted by molar-refractivity contribution is 4.95. The number of terminal acetylenes is 1. The van der Waals surface area contributed by atoms with Gasteiger partial charge in [-0.05, 0) is 32.7 Å². The molecule has 12 heavy (non-hydrogen) atoms. The third-order valence-corrected chi connectivity index (χ3v) is 2.19. The van der Waals surface area contributed by atoms with Gasteiger partial charge in [-0.15, -0.1) is 6.42 Å². The van der Waals surface area contributed by atoms with Gasteiger partial charge in [0.25, 0.3) is 0 Å². The molecule has 1 rings (SSSR count). The van der Waals surface area contributed by atoms with Crippen LogP contribution in [0.25, 0.3) is 0 Å². The SMILES string of the molecule is C#CC(C)NCCC1CCCO1. The Morgan fingerprint density at radius 1 is 1.75 bits per heavy atom. The lowest BCUT2D eigenvalue weighted by molar-refractivity contribution is 0.104. The van der Waals surface area contributed by atoms with E-state index < -0.39 is 0 Å². The number of hydrogen-bond donors (Lipinski definition) is 1. The van der Waals surface area contributed by atoms with Crippen molar-refractivity contribution >= 4 is 0 Å². The zero-order valence-electron chi connectivity index (χ0n) is 7.68. The molecule has 1 N–H and O–H groups in total. The monoisotopic (exact) mass is 167 g/mol. The van der Waals surface area contributed by atoms with Gasteiger partial charge in [0.05, 0.1) is 12.1 Å². The highest BCUT2D eigenvalue weighted by Gasteiger charge is 2.14. The summed E-state index contributed by atoms with van der Waals surface area (Å²) in [6.45, 7) is 3.90. The van der Waals surface area contributed by atoms with Gasteiger partial charge < -0.3 is 10.1 Å². The zero-order valence-corrected chi connectivity index (χ0v) is 7.68. The molecule has 1 fully saturated rings. The third kappa shape index (κ3) is 3.25. The van der Waals surface area contributed by atoms with Crippen molar-refractivity contribution in [3.05, 3.63) is 0 Å². The molecule has 0 saturated carbocycles. The minimum atomic E-state index is 0.186. The Kier molecular flexibility index (Phi) is 4.13. The topological polar surface area (TPSA) is 21.3 Å². The second-order valence-corrected chi connectivity index (χ2v) is 3.27. The van der Waals surface area contributed by atoms with E-state index >= 15 is 0 Å². The zero-order chi connectivity index (χ0) is 8.81. The average Bonchev–Trinajstić information content (AvgIpc) is 2.57. The van der Waals surface area contributed by atoms with Gasteiger partial charge >= 0.3 is 0 Å². The minimum absolute atomic E-state index is 0.186. The molecule has 1 heterocycles. The molecule has 2 atom stereocenters. The Balaban J connectivity index is 1.98. The quantitative estimate of drug-likeness (QED) is 0.635. The Bertz CT molecular complexity index is 156. The van der Waals surface area contributed by atoms with Gasteiger partial charge in [-0.25, -0.2) is 0 Å². The summed E-state index contributed by atoms with van der Waals surface area (Å²) < 4.78 is 5.48. The summed E-state index contributed by atoms with van der Waals surface area (Å²) in [5.74, 6) is 2.64. The summed E-state index contributed by atoms with van der Waals surface area (Å²) in [6.07, 6.45) is 9.22. The third-order valence-electron chi connectivity index (χ3n) is 2.19. The number of ether oxygens (including phenoxy) is 1. The molecule has 2 nitrogen and oxygen atoms in total. The molecule has 1 aliphatic rings. The fraction of sp³-hybridized carbons (Fsp3) is 0.800. The lowest BCUT2D eigenvalue weighted by Crippen LogP contribution is -2.27. The average molecular weight is 167 g/mol. The van der Waals surface area contributed by atoms with E-state index in [1.165, 1.54) is 12.8 Å². The molecule has 0 aromatic carbocycles. The molecular formula is C10H17NO. The van der Waals surface area contributed by atoms with Crippen LogP contribution in [0.1, 0.15) is 26.2 Å². The standard InChI is InChI=1S/C10H17NO/c1-3-9(2)11-7-6-10-5-4-8-12-10/h1,9-11H,4-8H2,2H3. The smallest absolute Gasteiger partial charge is 0.0658 e. The Hall–Kier alpha value is -0.520. The number of hydrogen-bond acceptors (Lipinski definition) is 2. The maximum atomic E-state index is 5.48. The van der Waals surface area contributed by atoms with E-state index in [0.29, 0.717) is 6.10 Å². The number of nitrogens with one attached hydrogen (secondary N) is 1. The van der Waals surface area contributed by atoms with E-state index in [-0.39, 0.29) is 6.04 Å². The first-order valence-corrected chi connectivity index (χ1v) is 4.64. The maximum absolute atomic E-state index is 5.48. The summed E-state index contributed by atoms with van der Waals surface area (Å²) >= 11 is 0. The maximum Gasteiger partial charge on any atom is 0.0658 e. The van der Waals surface area contributed by atoms with Gasteiger partial charge in [-0.2, -0.15) is 0 Å². The second-order valence-electron chi connectivity index (χ2n) is 3.27. The fourth-order valence-electron chi connectivity index (χ4n) is 1.39. The molecular weight excluding hydrogens is 150 g/mol. The van der Waals surface area contributed by atoms with Crippen molar-refractivity contribution < 1.29 is 4.74 Å². The van der Waals surface area contributed by atoms with Crippen molar-refractivity contribution in [2.75, 3.05) is 13.2 Å².